The van der Waals surface area contributed by atoms with Crippen LogP contribution in [0.2, 0.25) is 0 Å². The first-order valence-corrected chi connectivity index (χ1v) is 12.5. The number of methoxy groups -OCH3 is 1. The third kappa shape index (κ3) is 6.10. The molecule has 1 atom stereocenters. The van der Waals surface area contributed by atoms with Crippen LogP contribution in [0, 0.1) is 0 Å². The maximum atomic E-state index is 13.4. The number of esters is 1. The molecular formula is C25H27Br2N3O5. The van der Waals surface area contributed by atoms with Crippen molar-refractivity contribution in [3.8, 4) is 11.5 Å². The third-order valence-electron chi connectivity index (χ3n) is 4.97. The van der Waals surface area contributed by atoms with Gasteiger partial charge in [-0.1, -0.05) is 52.6 Å². The zero-order valence-electron chi connectivity index (χ0n) is 20.4. The molecule has 2 aromatic carbocycles. The van der Waals surface area contributed by atoms with Crippen molar-refractivity contribution in [3.05, 3.63) is 61.0 Å². The highest BCUT2D eigenvalue weighted by molar-refractivity contribution is 9.10. The fraction of sp³-hybridized carbons (Fsp3) is 0.360. The molecule has 0 radical (unpaired) electrons. The van der Waals surface area contributed by atoms with Crippen molar-refractivity contribution < 1.29 is 19.0 Å². The molecule has 1 aromatic heterocycles. The van der Waals surface area contributed by atoms with E-state index in [0.717, 1.165) is 4.47 Å². The van der Waals surface area contributed by atoms with E-state index in [1.165, 1.54) is 18.0 Å². The largest absolute Gasteiger partial charge is 0.493 e. The molecule has 0 aliphatic heterocycles. The first-order valence-electron chi connectivity index (χ1n) is 10.9. The van der Waals surface area contributed by atoms with Gasteiger partial charge in [-0.05, 0) is 44.2 Å². The Morgan fingerprint density at radius 2 is 1.91 bits per heavy atom. The first kappa shape index (κ1) is 26.9. The SMILES string of the molecule is CCOC(=O)[C@@H](C)Oc1c(C=Nn2c(C(C)(C)C)nc3ccc(Br)cc3c2=O)cc(Br)cc1OC. The van der Waals surface area contributed by atoms with Crippen molar-refractivity contribution in [1.82, 2.24) is 9.66 Å². The molecule has 186 valence electrons. The second kappa shape index (κ2) is 10.9. The Hall–Kier alpha value is -2.72. The van der Waals surface area contributed by atoms with Crippen LogP contribution in [-0.4, -0.2) is 41.7 Å². The zero-order valence-corrected chi connectivity index (χ0v) is 23.6. The van der Waals surface area contributed by atoms with Crippen molar-refractivity contribution in [2.45, 2.75) is 46.1 Å². The summed E-state index contributed by atoms with van der Waals surface area (Å²) in [4.78, 5) is 30.3. The quantitative estimate of drug-likeness (QED) is 0.262. The molecule has 0 fully saturated rings. The highest BCUT2D eigenvalue weighted by atomic mass is 79.9. The molecule has 0 unspecified atom stereocenters. The van der Waals surface area contributed by atoms with Gasteiger partial charge in [-0.15, -0.1) is 0 Å². The monoisotopic (exact) mass is 607 g/mol. The van der Waals surface area contributed by atoms with Gasteiger partial charge in [-0.25, -0.2) is 9.78 Å². The zero-order chi connectivity index (χ0) is 25.9. The van der Waals surface area contributed by atoms with Gasteiger partial charge in [0.15, 0.2) is 17.6 Å². The van der Waals surface area contributed by atoms with E-state index in [1.54, 1.807) is 38.1 Å². The van der Waals surface area contributed by atoms with Gasteiger partial charge in [-0.3, -0.25) is 4.79 Å². The minimum Gasteiger partial charge on any atom is -0.493 e. The van der Waals surface area contributed by atoms with Crippen molar-refractivity contribution in [1.29, 1.82) is 0 Å². The molecule has 0 aliphatic carbocycles. The smallest absolute Gasteiger partial charge is 0.347 e. The van der Waals surface area contributed by atoms with Gasteiger partial charge in [0.05, 0.1) is 30.8 Å². The topological polar surface area (TPSA) is 92.0 Å². The number of hydrogen-bond donors (Lipinski definition) is 0. The summed E-state index contributed by atoms with van der Waals surface area (Å²) in [5, 5.41) is 4.95. The van der Waals surface area contributed by atoms with E-state index >= 15 is 0 Å². The number of halogens is 2. The maximum Gasteiger partial charge on any atom is 0.347 e. The van der Waals surface area contributed by atoms with E-state index in [0.29, 0.717) is 38.3 Å². The number of ether oxygens (including phenoxy) is 3. The predicted octanol–water partition coefficient (Wildman–Crippen LogP) is 5.44. The number of hydrogen-bond acceptors (Lipinski definition) is 7. The number of carbonyl (C=O) groups excluding carboxylic acids is 1. The van der Waals surface area contributed by atoms with Crippen LogP contribution in [0.1, 0.15) is 46.0 Å². The maximum absolute atomic E-state index is 13.4. The molecule has 0 N–H and O–H groups in total. The lowest BCUT2D eigenvalue weighted by Gasteiger charge is -2.21. The number of aromatic nitrogens is 2. The highest BCUT2D eigenvalue weighted by Crippen LogP contribution is 2.35. The fourth-order valence-corrected chi connectivity index (χ4v) is 4.12. The van der Waals surface area contributed by atoms with Crippen LogP contribution in [0.4, 0.5) is 0 Å². The van der Waals surface area contributed by atoms with Gasteiger partial charge < -0.3 is 14.2 Å². The van der Waals surface area contributed by atoms with E-state index < -0.39 is 17.5 Å². The van der Waals surface area contributed by atoms with Gasteiger partial charge in [0.25, 0.3) is 5.56 Å². The fourth-order valence-electron chi connectivity index (χ4n) is 3.31. The van der Waals surface area contributed by atoms with E-state index in [4.69, 9.17) is 19.2 Å². The van der Waals surface area contributed by atoms with Crippen LogP contribution >= 0.6 is 31.9 Å². The number of benzene rings is 2. The van der Waals surface area contributed by atoms with E-state index in [1.807, 2.05) is 26.8 Å². The summed E-state index contributed by atoms with van der Waals surface area (Å²) in [6, 6.07) is 8.84. The molecule has 0 saturated carbocycles. The molecule has 1 heterocycles. The Bertz CT molecular complexity index is 1350. The molecule has 8 nitrogen and oxygen atoms in total. The molecule has 10 heteroatoms. The van der Waals surface area contributed by atoms with Crippen LogP contribution in [0.25, 0.3) is 10.9 Å². The van der Waals surface area contributed by atoms with Crippen molar-refractivity contribution in [2.75, 3.05) is 13.7 Å². The summed E-state index contributed by atoms with van der Waals surface area (Å²) < 4.78 is 19.2. The second-order valence-electron chi connectivity index (χ2n) is 8.75. The van der Waals surface area contributed by atoms with Crippen LogP contribution in [0.5, 0.6) is 11.5 Å². The second-order valence-corrected chi connectivity index (χ2v) is 10.6. The van der Waals surface area contributed by atoms with Crippen molar-refractivity contribution in [3.63, 3.8) is 0 Å². The lowest BCUT2D eigenvalue weighted by Crippen LogP contribution is -2.29. The predicted molar refractivity (Wildman–Crippen MR) is 143 cm³/mol. The van der Waals surface area contributed by atoms with Crippen LogP contribution < -0.4 is 15.0 Å². The molecule has 0 saturated heterocycles. The third-order valence-corrected chi connectivity index (χ3v) is 5.92. The van der Waals surface area contributed by atoms with Crippen LogP contribution in [0.3, 0.4) is 0 Å². The Morgan fingerprint density at radius 3 is 2.54 bits per heavy atom. The first-order chi connectivity index (χ1) is 16.5. The molecular weight excluding hydrogens is 582 g/mol. The molecule has 35 heavy (non-hydrogen) atoms. The van der Waals surface area contributed by atoms with Gasteiger partial charge >= 0.3 is 5.97 Å². The van der Waals surface area contributed by atoms with Crippen molar-refractivity contribution >= 4 is 54.9 Å². The summed E-state index contributed by atoms with van der Waals surface area (Å²) >= 11 is 6.88. The Morgan fingerprint density at radius 1 is 1.20 bits per heavy atom. The Balaban J connectivity index is 2.18. The lowest BCUT2D eigenvalue weighted by atomic mass is 9.95. The van der Waals surface area contributed by atoms with E-state index in [9.17, 15) is 9.59 Å². The number of nitrogens with zero attached hydrogens (tertiary/aromatic N) is 3. The number of rotatable bonds is 7. The van der Waals surface area contributed by atoms with Crippen molar-refractivity contribution in [2.24, 2.45) is 5.10 Å². The van der Waals surface area contributed by atoms with E-state index in [2.05, 4.69) is 37.0 Å². The normalized spacial score (nSPS) is 12.7. The molecule has 0 spiro atoms. The highest BCUT2D eigenvalue weighted by Gasteiger charge is 2.24. The van der Waals surface area contributed by atoms with E-state index in [-0.39, 0.29) is 12.2 Å². The van der Waals surface area contributed by atoms with Crippen LogP contribution in [-0.2, 0) is 14.9 Å². The lowest BCUT2D eigenvalue weighted by molar-refractivity contribution is -0.150. The Kier molecular flexibility index (Phi) is 8.38. The number of carbonyl (C=O) groups is 1. The average molecular weight is 609 g/mol. The number of fused-ring (bicyclic) bond motifs is 1. The summed E-state index contributed by atoms with van der Waals surface area (Å²) in [5.41, 5.74) is 0.311. The standard InChI is InChI=1S/C25H27Br2N3O5/c1-7-34-23(32)14(2)35-21-15(10-17(27)12-20(21)33-6)13-28-30-22(31)18-11-16(26)8-9-19(18)29-24(30)25(3,4)5/h8-14H,7H2,1-6H3/t14-/m1/s1. The van der Waals surface area contributed by atoms with Gasteiger partial charge in [0.2, 0.25) is 0 Å². The Labute approximate surface area is 220 Å². The van der Waals surface area contributed by atoms with Gasteiger partial charge in [-0.2, -0.15) is 9.78 Å². The summed E-state index contributed by atoms with van der Waals surface area (Å²) in [6.45, 7) is 9.44. The summed E-state index contributed by atoms with van der Waals surface area (Å²) in [7, 11) is 1.50. The molecule has 3 aromatic rings. The summed E-state index contributed by atoms with van der Waals surface area (Å²) in [5.74, 6) is 0.677. The van der Waals surface area contributed by atoms with Crippen LogP contribution in [0.15, 0.2) is 49.2 Å². The molecule has 0 bridgehead atoms. The minimum absolute atomic E-state index is 0.238. The summed E-state index contributed by atoms with van der Waals surface area (Å²) in [6.07, 6.45) is 0.604. The van der Waals surface area contributed by atoms with Gasteiger partial charge in [0, 0.05) is 19.9 Å². The average Bonchev–Trinajstić information content (AvgIpc) is 2.79. The molecule has 0 aliphatic rings. The molecule has 0 amide bonds. The molecule has 3 rings (SSSR count). The minimum atomic E-state index is -0.885. The van der Waals surface area contributed by atoms with Gasteiger partial charge in [0.1, 0.15) is 5.82 Å².